The maximum atomic E-state index is 12.2. The molecule has 0 aromatic heterocycles. The fourth-order valence-electron chi connectivity index (χ4n) is 11.4. The van der Waals surface area contributed by atoms with Crippen molar-refractivity contribution >= 4 is 306 Å². The van der Waals surface area contributed by atoms with E-state index in [0.717, 1.165) is 44.5 Å². The minimum atomic E-state index is -0.473. The number of phenols is 6. The van der Waals surface area contributed by atoms with Crippen molar-refractivity contribution in [2.24, 2.45) is 0 Å². The van der Waals surface area contributed by atoms with E-state index in [-0.39, 0.29) is 59.4 Å². The lowest BCUT2D eigenvalue weighted by atomic mass is 10.1. The second kappa shape index (κ2) is 50.3. The van der Waals surface area contributed by atoms with Gasteiger partial charge in [0.25, 0.3) is 0 Å². The van der Waals surface area contributed by atoms with Gasteiger partial charge in [0, 0.05) is 86.5 Å². The molecule has 688 valence electrons. The molecule has 1 heterocycles. The average Bonchev–Trinajstić information content (AvgIpc) is 1.34. The fourth-order valence-corrected chi connectivity index (χ4v) is 18.6. The van der Waals surface area contributed by atoms with Gasteiger partial charge in [0.2, 0.25) is 12.5 Å². The summed E-state index contributed by atoms with van der Waals surface area (Å²) in [6, 6.07) is 59.3. The van der Waals surface area contributed by atoms with Crippen molar-refractivity contribution in [1.82, 2.24) is 0 Å². The lowest BCUT2D eigenvalue weighted by Crippen LogP contribution is -2.20. The summed E-state index contributed by atoms with van der Waals surface area (Å²) in [5, 5.41) is 92.7. The predicted octanol–water partition coefficient (Wildman–Crippen LogP) is 29.2. The molecule has 0 atom stereocenters. The number of aromatic hydroxyl groups is 6. The van der Waals surface area contributed by atoms with E-state index in [2.05, 4.69) is 255 Å². The van der Waals surface area contributed by atoms with Crippen molar-refractivity contribution in [2.45, 2.75) is 20.8 Å². The number of nitrogens with one attached hydrogen (secondary N) is 12. The highest BCUT2D eigenvalue weighted by atomic mass is 79.9. The number of aryl methyl sites for hydroxylation is 3. The molecular formula is C90H76Br12N12O18. The van der Waals surface area contributed by atoms with Gasteiger partial charge < -0.3 is 123 Å². The second-order valence-electron chi connectivity index (χ2n) is 27.0. The van der Waals surface area contributed by atoms with Crippen LogP contribution < -0.4 is 92.2 Å². The van der Waals surface area contributed by atoms with Gasteiger partial charge in [0.15, 0.2) is 23.0 Å². The van der Waals surface area contributed by atoms with Gasteiger partial charge in [-0.2, -0.15) is 0 Å². The van der Waals surface area contributed by atoms with E-state index in [1.54, 1.807) is 135 Å². The third-order valence-corrected chi connectivity index (χ3v) is 24.9. The SMILES string of the molecule is COc1cc(NC(=O)Nc2cc(Br)c(O)c(Br)c2)cc(OC)c1OC.COc1cccc(NC(=O)Nc2cc(Br)c(O)c(Br)c2)c1.Cc1cccc(C)c1NC(=O)Nc1cc(Br)c(O)c(Br)c1.Cc1ccccc1NC(=O)Nc1cc(Br)c(O)c(Br)c1.O=C(Nc1cc(Br)c(O)c(Br)c1)Nc1ccc2c(c1)OCO2.O=C(Nc1cc(Br)c(O)c(Br)c1)Nc1cccc2ccccc12. The first kappa shape index (κ1) is 105. The summed E-state index contributed by atoms with van der Waals surface area (Å²) < 4.78 is 37.1. The van der Waals surface area contributed by atoms with E-state index in [1.165, 1.54) is 21.3 Å². The van der Waals surface area contributed by atoms with Gasteiger partial charge in [-0.3, -0.25) is 0 Å². The molecule has 1 aliphatic heterocycles. The Balaban J connectivity index is 0.000000178. The molecule has 30 nitrogen and oxygen atoms in total. The van der Waals surface area contributed by atoms with Crippen molar-refractivity contribution < 1.29 is 87.8 Å². The van der Waals surface area contributed by atoms with Crippen molar-refractivity contribution in [3.63, 3.8) is 0 Å². The van der Waals surface area contributed by atoms with Crippen LogP contribution in [0.25, 0.3) is 10.8 Å². The monoisotopic (exact) mass is 2560 g/mol. The number of anilines is 12. The zero-order chi connectivity index (χ0) is 96.3. The minimum Gasteiger partial charge on any atom is -0.506 e. The lowest BCUT2D eigenvalue weighted by Gasteiger charge is -2.15. The van der Waals surface area contributed by atoms with Crippen LogP contribution in [-0.2, 0) is 0 Å². The number of phenolic OH excluding ortho intramolecular Hbond substituents is 6. The van der Waals surface area contributed by atoms with Crippen molar-refractivity contribution in [1.29, 1.82) is 0 Å². The number of hydrogen-bond acceptors (Lipinski definition) is 18. The molecule has 13 aromatic rings. The third kappa shape index (κ3) is 30.8. The smallest absolute Gasteiger partial charge is 0.323 e. The average molecular weight is 2570 g/mol. The Morgan fingerprint density at radius 1 is 0.273 bits per heavy atom. The van der Waals surface area contributed by atoms with Crippen LogP contribution >= 0.6 is 191 Å². The first-order valence-electron chi connectivity index (χ1n) is 37.8. The van der Waals surface area contributed by atoms with Crippen molar-refractivity contribution in [3.8, 4) is 69.0 Å². The van der Waals surface area contributed by atoms with Crippen LogP contribution in [0.4, 0.5) is 97.0 Å². The van der Waals surface area contributed by atoms with Gasteiger partial charge in [-0.05, 0) is 343 Å². The number of ether oxygens (including phenoxy) is 6. The van der Waals surface area contributed by atoms with Crippen LogP contribution in [0.1, 0.15) is 16.7 Å². The summed E-state index contributed by atoms with van der Waals surface area (Å²) in [5.74, 6) is 3.65. The number of carbonyl (C=O) groups excluding carboxylic acids is 6. The Labute approximate surface area is 856 Å². The number of rotatable bonds is 16. The van der Waals surface area contributed by atoms with E-state index in [1.807, 2.05) is 106 Å². The molecule has 13 aromatic carbocycles. The van der Waals surface area contributed by atoms with Crippen LogP contribution in [0.3, 0.4) is 0 Å². The van der Waals surface area contributed by atoms with Gasteiger partial charge >= 0.3 is 36.2 Å². The molecule has 0 spiro atoms. The standard InChI is InChI=1S/C17H12Br2N2O2.C16H16Br2N2O5.C15H14Br2N2O2.C14H10Br2N2O4.C14H12Br2N2O3.C14H12Br2N2O2/c18-13-8-11(9-14(19)16(13)22)20-17(23)21-15-7-3-5-10-4-1-2-6-12(10)15;1-23-12-6-9(7-13(24-2)15(12)25-3)20-16(22)19-8-4-10(17)14(21)11(18)5-8;1-8-4-3-5-9(2)13(8)19-15(21)18-10-6-11(16)14(20)12(17)7-10;15-9-3-8(4-10(16)13(9)19)18-14(20)17-7-1-2-11-12(5-7)22-6-21-11;1-21-10-4-2-3-8(5-10)17-14(20)18-9-6-11(15)13(19)12(16)7-9;1-8-4-2-3-5-12(8)18-14(20)17-9-6-10(15)13(19)11(16)7-9/h1-9,22H,(H2,20,21,23);4-7,21H,1-3H3,(H2,19,20,22);3-7,20H,1-2H3,(H2,18,19,21);1-5,19H,6H2,(H2,17,18,20);2-7,19H,1H3,(H2,17,18,20);2-7,19H,1H3,(H2,17,18,20). The van der Waals surface area contributed by atoms with Gasteiger partial charge in [-0.1, -0.05) is 78.9 Å². The Hall–Kier alpha value is -10.9. The summed E-state index contributed by atoms with van der Waals surface area (Å²) in [5.41, 5.74) is 10.1. The number of para-hydroxylation sites is 2. The molecule has 0 fully saturated rings. The second-order valence-corrected chi connectivity index (χ2v) is 37.3. The number of amides is 12. The largest absolute Gasteiger partial charge is 0.506 e. The lowest BCUT2D eigenvalue weighted by molar-refractivity contribution is 0.174. The summed E-state index contributed by atoms with van der Waals surface area (Å²) in [4.78, 5) is 72.4. The van der Waals surface area contributed by atoms with E-state index >= 15 is 0 Å². The highest BCUT2D eigenvalue weighted by Gasteiger charge is 2.21. The van der Waals surface area contributed by atoms with E-state index in [9.17, 15) is 59.4 Å². The molecule has 12 amide bonds. The molecule has 132 heavy (non-hydrogen) atoms. The number of methoxy groups -OCH3 is 4. The highest BCUT2D eigenvalue weighted by Crippen LogP contribution is 2.44. The number of carbonyl (C=O) groups is 6. The van der Waals surface area contributed by atoms with Crippen molar-refractivity contribution in [2.75, 3.05) is 99.0 Å². The number of benzene rings is 13. The summed E-state index contributed by atoms with van der Waals surface area (Å²) in [6.07, 6.45) is 0. The number of urea groups is 6. The molecule has 18 N–H and O–H groups in total. The molecular weight excluding hydrogens is 2500 g/mol. The molecule has 0 bridgehead atoms. The Kier molecular flexibility index (Phi) is 39.9. The van der Waals surface area contributed by atoms with Crippen molar-refractivity contribution in [3.05, 3.63) is 283 Å². The molecule has 0 radical (unpaired) electrons. The summed E-state index contributed by atoms with van der Waals surface area (Å²) >= 11 is 38.6. The van der Waals surface area contributed by atoms with Crippen LogP contribution in [0, 0.1) is 20.8 Å². The number of halogens is 12. The zero-order valence-corrected chi connectivity index (χ0v) is 88.6. The van der Waals surface area contributed by atoms with E-state index in [0.29, 0.717) is 139 Å². The molecule has 0 aliphatic carbocycles. The van der Waals surface area contributed by atoms with Gasteiger partial charge in [-0.25, -0.2) is 28.8 Å². The summed E-state index contributed by atoms with van der Waals surface area (Å²) in [7, 11) is 6.05. The molecule has 1 aliphatic rings. The molecule has 42 heteroatoms. The summed E-state index contributed by atoms with van der Waals surface area (Å²) in [6.45, 7) is 5.98. The molecule has 0 saturated carbocycles. The fraction of sp³-hybridized carbons (Fsp3) is 0.0889. The maximum Gasteiger partial charge on any atom is 0.323 e. The first-order chi connectivity index (χ1) is 62.8. The quantitative estimate of drug-likeness (QED) is 0.0400. The topological polar surface area (TPSA) is 424 Å². The number of fused-ring (bicyclic) bond motifs is 2. The normalized spacial score (nSPS) is 10.5. The maximum absolute atomic E-state index is 12.2. The highest BCUT2D eigenvalue weighted by molar-refractivity contribution is 9.12. The Morgan fingerprint density at radius 2 is 0.568 bits per heavy atom. The zero-order valence-electron chi connectivity index (χ0n) is 69.5. The number of hydrogen-bond donors (Lipinski definition) is 18. The van der Waals surface area contributed by atoms with E-state index < -0.39 is 18.1 Å². The van der Waals surface area contributed by atoms with Gasteiger partial charge in [0.05, 0.1) is 93.5 Å². The van der Waals surface area contributed by atoms with E-state index in [4.69, 9.17) is 28.4 Å². The minimum absolute atomic E-state index is 0.0515. The predicted molar refractivity (Wildman–Crippen MR) is 560 cm³/mol. The van der Waals surface area contributed by atoms with Crippen LogP contribution in [-0.4, -0.2) is 102 Å². The Morgan fingerprint density at radius 3 is 0.947 bits per heavy atom. The van der Waals surface area contributed by atoms with Gasteiger partial charge in [-0.15, -0.1) is 0 Å². The molecule has 0 unspecified atom stereocenters. The van der Waals surface area contributed by atoms with Gasteiger partial charge in [0.1, 0.15) is 40.2 Å². The molecule has 0 saturated heterocycles. The third-order valence-electron chi connectivity index (χ3n) is 17.7. The van der Waals surface area contributed by atoms with Crippen LogP contribution in [0.2, 0.25) is 0 Å². The Bertz CT molecular complexity index is 6260. The van der Waals surface area contributed by atoms with Crippen LogP contribution in [0.15, 0.2) is 266 Å². The first-order valence-corrected chi connectivity index (χ1v) is 47.3. The molecule has 14 rings (SSSR count). The van der Waals surface area contributed by atoms with Crippen LogP contribution in [0.5, 0.6) is 69.0 Å².